The first kappa shape index (κ1) is 25.5. The second-order valence-electron chi connectivity index (χ2n) is 11.5. The van der Waals surface area contributed by atoms with Gasteiger partial charge in [-0.25, -0.2) is 9.97 Å². The Morgan fingerprint density at radius 3 is 2.33 bits per heavy atom. The lowest BCUT2D eigenvalue weighted by Crippen LogP contribution is -2.84. The maximum Gasteiger partial charge on any atom is 0.451 e. The highest BCUT2D eigenvalue weighted by atomic mass is 19.4. The number of alkyl halides is 3. The Labute approximate surface area is 225 Å². The van der Waals surface area contributed by atoms with E-state index in [1.807, 2.05) is 16.0 Å². The van der Waals surface area contributed by atoms with Gasteiger partial charge < -0.3 is 24.6 Å². The van der Waals surface area contributed by atoms with Crippen molar-refractivity contribution in [1.29, 1.82) is 0 Å². The van der Waals surface area contributed by atoms with Gasteiger partial charge in [0.2, 0.25) is 5.82 Å². The fourth-order valence-corrected chi connectivity index (χ4v) is 6.88. The zero-order chi connectivity index (χ0) is 26.8. The normalized spacial score (nSPS) is 26.4. The SMILES string of the molecule is Cc1cnn(C2COC2)c1C1CCN(c2cc(N3C[C@@H](N4CCNCC4)C34COC4)nc(C(F)(F)F)n2)CC1. The van der Waals surface area contributed by atoms with Gasteiger partial charge in [0, 0.05) is 63.5 Å². The minimum Gasteiger partial charge on any atom is -0.377 e. The van der Waals surface area contributed by atoms with Crippen LogP contribution in [0.5, 0.6) is 0 Å². The molecule has 39 heavy (non-hydrogen) atoms. The molecule has 0 bridgehead atoms. The van der Waals surface area contributed by atoms with Crippen molar-refractivity contribution in [2.24, 2.45) is 0 Å². The van der Waals surface area contributed by atoms with E-state index in [-0.39, 0.29) is 17.6 Å². The summed E-state index contributed by atoms with van der Waals surface area (Å²) < 4.78 is 55.0. The molecule has 2 aromatic rings. The molecule has 5 fully saturated rings. The molecule has 7 rings (SSSR count). The van der Waals surface area contributed by atoms with Gasteiger partial charge in [0.15, 0.2) is 0 Å². The molecular formula is C26H35F3N8O2. The first-order chi connectivity index (χ1) is 18.8. The second-order valence-corrected chi connectivity index (χ2v) is 11.5. The van der Waals surface area contributed by atoms with E-state index in [1.165, 1.54) is 5.69 Å². The molecule has 0 unspecified atom stereocenters. The Bertz CT molecular complexity index is 1200. The summed E-state index contributed by atoms with van der Waals surface area (Å²) in [6, 6.07) is 2.28. The van der Waals surface area contributed by atoms with Crippen LogP contribution in [-0.2, 0) is 15.7 Å². The summed E-state index contributed by atoms with van der Waals surface area (Å²) in [6.07, 6.45) is -1.06. The van der Waals surface area contributed by atoms with E-state index in [2.05, 4.69) is 36.9 Å². The van der Waals surface area contributed by atoms with Crippen LogP contribution in [0.1, 0.15) is 41.9 Å². The quantitative estimate of drug-likeness (QED) is 0.602. The molecule has 2 aromatic heterocycles. The maximum atomic E-state index is 14.0. The Balaban J connectivity index is 1.12. The molecule has 0 saturated carbocycles. The summed E-state index contributed by atoms with van der Waals surface area (Å²) in [7, 11) is 0. The van der Waals surface area contributed by atoms with E-state index >= 15 is 0 Å². The smallest absolute Gasteiger partial charge is 0.377 e. The molecule has 5 aliphatic heterocycles. The average molecular weight is 549 g/mol. The largest absolute Gasteiger partial charge is 0.451 e. The predicted molar refractivity (Wildman–Crippen MR) is 137 cm³/mol. The van der Waals surface area contributed by atoms with Gasteiger partial charge in [-0.2, -0.15) is 18.3 Å². The molecule has 10 nitrogen and oxygen atoms in total. The van der Waals surface area contributed by atoms with Gasteiger partial charge in [0.1, 0.15) is 17.2 Å². The number of piperazine rings is 1. The molecule has 1 spiro atoms. The van der Waals surface area contributed by atoms with Crippen LogP contribution in [0.2, 0.25) is 0 Å². The molecule has 5 saturated heterocycles. The Morgan fingerprint density at radius 1 is 1.00 bits per heavy atom. The third kappa shape index (κ3) is 4.28. The van der Waals surface area contributed by atoms with Gasteiger partial charge in [0.25, 0.3) is 0 Å². The molecule has 5 aliphatic rings. The monoisotopic (exact) mass is 548 g/mol. The lowest BCUT2D eigenvalue weighted by atomic mass is 9.76. The van der Waals surface area contributed by atoms with E-state index in [0.29, 0.717) is 63.6 Å². The number of halogens is 3. The molecule has 13 heteroatoms. The number of aryl methyl sites for hydroxylation is 1. The first-order valence-corrected chi connectivity index (χ1v) is 14.0. The van der Waals surface area contributed by atoms with Crippen LogP contribution in [0.25, 0.3) is 0 Å². The first-order valence-electron chi connectivity index (χ1n) is 14.0. The third-order valence-corrected chi connectivity index (χ3v) is 9.24. The standard InChI is InChI=1S/C26H35F3N8O2/c1-17-11-31-37(19-13-38-14-19)23(17)18-2-6-35(7-3-18)21-10-22(33-24(32-21)26(27,28)29)36-12-20(25(36)15-39-16-25)34-8-4-30-5-9-34/h10-11,18-20,30H,2-9,12-16H2,1H3/t20-/m1/s1. The fraction of sp³-hybridized carbons (Fsp3) is 0.731. The van der Waals surface area contributed by atoms with Crippen molar-refractivity contribution in [2.75, 3.05) is 82.0 Å². The zero-order valence-corrected chi connectivity index (χ0v) is 22.2. The van der Waals surface area contributed by atoms with Crippen molar-refractivity contribution in [3.05, 3.63) is 29.3 Å². The lowest BCUT2D eigenvalue weighted by molar-refractivity contribution is -0.145. The molecule has 212 valence electrons. The number of anilines is 2. The topological polar surface area (TPSA) is 83.8 Å². The fourth-order valence-electron chi connectivity index (χ4n) is 6.88. The van der Waals surface area contributed by atoms with Crippen LogP contribution in [0.4, 0.5) is 24.8 Å². The van der Waals surface area contributed by atoms with Crippen molar-refractivity contribution in [2.45, 2.75) is 49.5 Å². The van der Waals surface area contributed by atoms with Crippen molar-refractivity contribution in [3.8, 4) is 0 Å². The highest BCUT2D eigenvalue weighted by molar-refractivity contribution is 5.57. The van der Waals surface area contributed by atoms with Crippen LogP contribution in [-0.4, -0.2) is 108 Å². The van der Waals surface area contributed by atoms with E-state index in [1.54, 1.807) is 6.07 Å². The third-order valence-electron chi connectivity index (χ3n) is 9.24. The summed E-state index contributed by atoms with van der Waals surface area (Å²) in [4.78, 5) is 14.5. The molecule has 0 aromatic carbocycles. The number of nitrogens with zero attached hydrogens (tertiary/aromatic N) is 7. The molecule has 1 N–H and O–H groups in total. The minimum absolute atomic E-state index is 0.256. The number of aromatic nitrogens is 4. The molecule has 0 amide bonds. The number of rotatable bonds is 5. The Hall–Kier alpha value is -2.48. The van der Waals surface area contributed by atoms with Gasteiger partial charge in [-0.15, -0.1) is 0 Å². The predicted octanol–water partition coefficient (Wildman–Crippen LogP) is 1.82. The maximum absolute atomic E-state index is 14.0. The Kier molecular flexibility index (Phi) is 6.25. The van der Waals surface area contributed by atoms with Crippen LogP contribution >= 0.6 is 0 Å². The van der Waals surface area contributed by atoms with Gasteiger partial charge in [-0.1, -0.05) is 0 Å². The number of piperidine rings is 1. The zero-order valence-electron chi connectivity index (χ0n) is 22.2. The van der Waals surface area contributed by atoms with E-state index in [0.717, 1.165) is 44.6 Å². The Morgan fingerprint density at radius 2 is 1.72 bits per heavy atom. The van der Waals surface area contributed by atoms with Gasteiger partial charge >= 0.3 is 6.18 Å². The van der Waals surface area contributed by atoms with Gasteiger partial charge in [-0.3, -0.25) is 9.58 Å². The number of hydrogen-bond donors (Lipinski definition) is 1. The highest BCUT2D eigenvalue weighted by Crippen LogP contribution is 2.45. The summed E-state index contributed by atoms with van der Waals surface area (Å²) >= 11 is 0. The van der Waals surface area contributed by atoms with E-state index in [4.69, 9.17) is 9.47 Å². The summed E-state index contributed by atoms with van der Waals surface area (Å²) in [5.41, 5.74) is 2.07. The average Bonchev–Trinajstić information content (AvgIpc) is 3.22. The highest BCUT2D eigenvalue weighted by Gasteiger charge is 2.61. The van der Waals surface area contributed by atoms with Crippen LogP contribution < -0.4 is 15.1 Å². The second kappa shape index (κ2) is 9.57. The molecule has 1 atom stereocenters. The van der Waals surface area contributed by atoms with Crippen molar-refractivity contribution >= 4 is 11.6 Å². The minimum atomic E-state index is -4.62. The molecule has 0 radical (unpaired) electrons. The van der Waals surface area contributed by atoms with Crippen molar-refractivity contribution < 1.29 is 22.6 Å². The molecule has 0 aliphatic carbocycles. The summed E-state index contributed by atoms with van der Waals surface area (Å²) in [5.74, 6) is -0.0668. The van der Waals surface area contributed by atoms with Crippen LogP contribution in [0.15, 0.2) is 12.3 Å². The summed E-state index contributed by atoms with van der Waals surface area (Å²) in [6.45, 7) is 10.1. The van der Waals surface area contributed by atoms with Crippen molar-refractivity contribution in [3.63, 3.8) is 0 Å². The number of nitrogens with one attached hydrogen (secondary N) is 1. The van der Waals surface area contributed by atoms with E-state index in [9.17, 15) is 13.2 Å². The number of ether oxygens (including phenoxy) is 2. The van der Waals surface area contributed by atoms with Crippen LogP contribution in [0.3, 0.4) is 0 Å². The van der Waals surface area contributed by atoms with Gasteiger partial charge in [0.05, 0.1) is 44.7 Å². The molecule has 7 heterocycles. The van der Waals surface area contributed by atoms with Crippen LogP contribution in [0, 0.1) is 6.92 Å². The summed E-state index contributed by atoms with van der Waals surface area (Å²) in [5, 5.41) is 7.97. The van der Waals surface area contributed by atoms with Crippen molar-refractivity contribution in [1.82, 2.24) is 30.0 Å². The lowest BCUT2D eigenvalue weighted by Gasteiger charge is -2.66. The van der Waals surface area contributed by atoms with Gasteiger partial charge in [-0.05, 0) is 25.3 Å². The molecular weight excluding hydrogens is 513 g/mol. The van der Waals surface area contributed by atoms with E-state index < -0.39 is 12.0 Å². The number of hydrogen-bond acceptors (Lipinski definition) is 9.